The van der Waals surface area contributed by atoms with E-state index < -0.39 is 0 Å². The summed E-state index contributed by atoms with van der Waals surface area (Å²) in [5.41, 5.74) is 3.13. The van der Waals surface area contributed by atoms with Gasteiger partial charge in [-0.25, -0.2) is 0 Å². The summed E-state index contributed by atoms with van der Waals surface area (Å²) in [4.78, 5) is 4.22. The summed E-state index contributed by atoms with van der Waals surface area (Å²) >= 11 is 6.25. The third-order valence-corrected chi connectivity index (χ3v) is 3.24. The van der Waals surface area contributed by atoms with Crippen LogP contribution in [0.3, 0.4) is 0 Å². The third kappa shape index (κ3) is 2.40. The van der Waals surface area contributed by atoms with Gasteiger partial charge in [-0.3, -0.25) is 9.67 Å². The third-order valence-electron chi connectivity index (χ3n) is 2.95. The number of rotatable bonds is 4. The van der Waals surface area contributed by atoms with Crippen LogP contribution >= 0.6 is 11.6 Å². The monoisotopic (exact) mass is 264 g/mol. The Hall–Kier alpha value is -1.39. The predicted molar refractivity (Wildman–Crippen MR) is 72.8 cm³/mol. The first-order valence-corrected chi connectivity index (χ1v) is 6.36. The topological polar surface area (TPSA) is 42.7 Å². The van der Waals surface area contributed by atoms with Crippen LogP contribution in [0.4, 0.5) is 0 Å². The van der Waals surface area contributed by atoms with E-state index in [2.05, 4.69) is 28.4 Å². The standard InChI is InChI=1S/C13H17ClN4/c1-4-18-13(11(14)8-17-18)12(15-3)10-5-6-16-9(2)7-10/h5-8,12,15H,4H2,1-3H3. The molecule has 0 saturated carbocycles. The zero-order chi connectivity index (χ0) is 13.1. The van der Waals surface area contributed by atoms with Gasteiger partial charge in [-0.2, -0.15) is 5.10 Å². The van der Waals surface area contributed by atoms with Crippen LogP contribution in [-0.4, -0.2) is 21.8 Å². The Labute approximate surface area is 112 Å². The van der Waals surface area contributed by atoms with Crippen LogP contribution in [-0.2, 0) is 6.54 Å². The number of hydrogen-bond acceptors (Lipinski definition) is 3. The Morgan fingerprint density at radius 1 is 1.50 bits per heavy atom. The molecule has 1 unspecified atom stereocenters. The fourth-order valence-electron chi connectivity index (χ4n) is 2.12. The molecule has 2 aromatic heterocycles. The lowest BCUT2D eigenvalue weighted by atomic mass is 10.0. The number of nitrogens with zero attached hydrogens (tertiary/aromatic N) is 3. The molecule has 2 aromatic rings. The molecule has 2 heterocycles. The van der Waals surface area contributed by atoms with Gasteiger partial charge in [-0.15, -0.1) is 0 Å². The van der Waals surface area contributed by atoms with Gasteiger partial charge < -0.3 is 5.32 Å². The molecular formula is C13H17ClN4. The normalized spacial score (nSPS) is 12.7. The lowest BCUT2D eigenvalue weighted by Gasteiger charge is -2.18. The Morgan fingerprint density at radius 3 is 2.89 bits per heavy atom. The smallest absolute Gasteiger partial charge is 0.0837 e. The second-order valence-corrected chi connectivity index (χ2v) is 4.55. The Kier molecular flexibility index (Phi) is 3.99. The van der Waals surface area contributed by atoms with Crippen molar-refractivity contribution in [3.63, 3.8) is 0 Å². The molecule has 0 aliphatic rings. The van der Waals surface area contributed by atoms with Gasteiger partial charge in [0.1, 0.15) is 0 Å². The van der Waals surface area contributed by atoms with Crippen molar-refractivity contribution in [2.75, 3.05) is 7.05 Å². The van der Waals surface area contributed by atoms with Crippen molar-refractivity contribution in [1.29, 1.82) is 0 Å². The van der Waals surface area contributed by atoms with Gasteiger partial charge in [0.15, 0.2) is 0 Å². The van der Waals surface area contributed by atoms with Crippen molar-refractivity contribution >= 4 is 11.6 Å². The largest absolute Gasteiger partial charge is 0.308 e. The molecule has 4 nitrogen and oxygen atoms in total. The van der Waals surface area contributed by atoms with E-state index in [0.717, 1.165) is 23.5 Å². The zero-order valence-electron chi connectivity index (χ0n) is 10.8. The Bertz CT molecular complexity index is 536. The summed E-state index contributed by atoms with van der Waals surface area (Å²) < 4.78 is 1.92. The molecule has 18 heavy (non-hydrogen) atoms. The molecule has 0 fully saturated rings. The highest BCUT2D eigenvalue weighted by Gasteiger charge is 2.20. The van der Waals surface area contributed by atoms with Crippen LogP contribution in [0.5, 0.6) is 0 Å². The van der Waals surface area contributed by atoms with Gasteiger partial charge in [0, 0.05) is 18.4 Å². The van der Waals surface area contributed by atoms with E-state index in [1.165, 1.54) is 0 Å². The summed E-state index contributed by atoms with van der Waals surface area (Å²) in [7, 11) is 1.92. The minimum absolute atomic E-state index is 0.0293. The molecule has 0 spiro atoms. The minimum Gasteiger partial charge on any atom is -0.308 e. The van der Waals surface area contributed by atoms with Crippen LogP contribution in [0.15, 0.2) is 24.5 Å². The van der Waals surface area contributed by atoms with Gasteiger partial charge in [-0.05, 0) is 38.6 Å². The number of halogens is 1. The maximum absolute atomic E-state index is 6.25. The van der Waals surface area contributed by atoms with Crippen molar-refractivity contribution in [2.45, 2.75) is 26.4 Å². The highest BCUT2D eigenvalue weighted by Crippen LogP contribution is 2.28. The van der Waals surface area contributed by atoms with Crippen LogP contribution in [0.2, 0.25) is 5.02 Å². The molecule has 1 N–H and O–H groups in total. The van der Waals surface area contributed by atoms with Crippen LogP contribution in [0.25, 0.3) is 0 Å². The van der Waals surface area contributed by atoms with Crippen molar-refractivity contribution in [3.05, 3.63) is 46.5 Å². The van der Waals surface area contributed by atoms with Gasteiger partial charge in [0.2, 0.25) is 0 Å². The summed E-state index contributed by atoms with van der Waals surface area (Å²) in [6, 6.07) is 4.09. The minimum atomic E-state index is 0.0293. The molecule has 0 aliphatic heterocycles. The fourth-order valence-corrected chi connectivity index (χ4v) is 2.37. The van der Waals surface area contributed by atoms with E-state index in [0.29, 0.717) is 5.02 Å². The number of aryl methyl sites for hydroxylation is 2. The molecule has 5 heteroatoms. The number of nitrogens with one attached hydrogen (secondary N) is 1. The van der Waals surface area contributed by atoms with E-state index in [-0.39, 0.29) is 6.04 Å². The van der Waals surface area contributed by atoms with Gasteiger partial charge >= 0.3 is 0 Å². The number of aromatic nitrogens is 3. The summed E-state index contributed by atoms with van der Waals surface area (Å²) in [6.45, 7) is 4.83. The molecular weight excluding hydrogens is 248 g/mol. The second kappa shape index (κ2) is 5.50. The van der Waals surface area contributed by atoms with Crippen LogP contribution in [0.1, 0.15) is 29.9 Å². The van der Waals surface area contributed by atoms with Gasteiger partial charge in [0.25, 0.3) is 0 Å². The van der Waals surface area contributed by atoms with E-state index in [4.69, 9.17) is 11.6 Å². The van der Waals surface area contributed by atoms with Gasteiger partial charge in [0.05, 0.1) is 23.0 Å². The molecule has 96 valence electrons. The zero-order valence-corrected chi connectivity index (χ0v) is 11.6. The van der Waals surface area contributed by atoms with E-state index in [9.17, 15) is 0 Å². The first-order valence-electron chi connectivity index (χ1n) is 5.98. The van der Waals surface area contributed by atoms with Gasteiger partial charge in [-0.1, -0.05) is 11.6 Å². The molecule has 0 radical (unpaired) electrons. The summed E-state index contributed by atoms with van der Waals surface area (Å²) in [6.07, 6.45) is 3.51. The van der Waals surface area contributed by atoms with E-state index in [1.807, 2.05) is 30.9 Å². The van der Waals surface area contributed by atoms with Crippen molar-refractivity contribution < 1.29 is 0 Å². The fraction of sp³-hybridized carbons (Fsp3) is 0.385. The maximum Gasteiger partial charge on any atom is 0.0837 e. The average Bonchev–Trinajstić information content (AvgIpc) is 2.72. The molecule has 0 aromatic carbocycles. The van der Waals surface area contributed by atoms with Crippen molar-refractivity contribution in [1.82, 2.24) is 20.1 Å². The van der Waals surface area contributed by atoms with E-state index >= 15 is 0 Å². The number of hydrogen-bond donors (Lipinski definition) is 1. The molecule has 1 atom stereocenters. The first kappa shape index (κ1) is 13.1. The van der Waals surface area contributed by atoms with Crippen LogP contribution in [0, 0.1) is 6.92 Å². The summed E-state index contributed by atoms with van der Waals surface area (Å²) in [5, 5.41) is 8.26. The van der Waals surface area contributed by atoms with Crippen molar-refractivity contribution in [3.8, 4) is 0 Å². The Balaban J connectivity index is 2.48. The molecule has 0 saturated heterocycles. The summed E-state index contributed by atoms with van der Waals surface area (Å²) in [5.74, 6) is 0. The van der Waals surface area contributed by atoms with Crippen molar-refractivity contribution in [2.24, 2.45) is 0 Å². The second-order valence-electron chi connectivity index (χ2n) is 4.15. The highest BCUT2D eigenvalue weighted by molar-refractivity contribution is 6.31. The predicted octanol–water partition coefficient (Wildman–Crippen LogP) is 2.57. The number of pyridine rings is 1. The lowest BCUT2D eigenvalue weighted by Crippen LogP contribution is -2.22. The van der Waals surface area contributed by atoms with Crippen LogP contribution < -0.4 is 5.32 Å². The first-order chi connectivity index (χ1) is 8.67. The maximum atomic E-state index is 6.25. The highest BCUT2D eigenvalue weighted by atomic mass is 35.5. The molecule has 2 rings (SSSR count). The molecule has 0 bridgehead atoms. The SMILES string of the molecule is CCn1ncc(Cl)c1C(NC)c1ccnc(C)c1. The Morgan fingerprint density at radius 2 is 2.28 bits per heavy atom. The molecule has 0 amide bonds. The quantitative estimate of drug-likeness (QED) is 0.923. The van der Waals surface area contributed by atoms with E-state index in [1.54, 1.807) is 6.20 Å². The lowest BCUT2D eigenvalue weighted by molar-refractivity contribution is 0.563. The molecule has 0 aliphatic carbocycles. The average molecular weight is 265 g/mol.